The molecule has 1 aromatic heterocycles. The number of aromatic nitrogens is 3. The third-order valence-electron chi connectivity index (χ3n) is 4.31. The Kier molecular flexibility index (Phi) is 4.64. The quantitative estimate of drug-likeness (QED) is 0.846. The molecule has 0 aliphatic carbocycles. The van der Waals surface area contributed by atoms with Crippen molar-refractivity contribution in [1.29, 1.82) is 5.26 Å². The molecule has 0 spiro atoms. The summed E-state index contributed by atoms with van der Waals surface area (Å²) >= 11 is 0. The summed E-state index contributed by atoms with van der Waals surface area (Å²) in [5, 5.41) is 17.1. The van der Waals surface area contributed by atoms with Crippen LogP contribution in [0.5, 0.6) is 0 Å². The van der Waals surface area contributed by atoms with E-state index in [0.717, 1.165) is 19.3 Å². The summed E-state index contributed by atoms with van der Waals surface area (Å²) in [6.45, 7) is 3.11. The fourth-order valence-corrected chi connectivity index (χ4v) is 4.78. The first-order chi connectivity index (χ1) is 11.6. The molecule has 0 amide bonds. The number of sulfonamides is 1. The molecule has 0 radical (unpaired) electrons. The molecule has 0 bridgehead atoms. The molecule has 0 N–H and O–H groups in total. The van der Waals surface area contributed by atoms with E-state index in [2.05, 4.69) is 10.2 Å². The lowest BCUT2D eigenvalue weighted by atomic mass is 10.0. The van der Waals surface area contributed by atoms with Gasteiger partial charge in [0, 0.05) is 13.1 Å². The molecule has 1 aromatic carbocycles. The van der Waals surface area contributed by atoms with Gasteiger partial charge in [0.1, 0.15) is 6.33 Å². The standard InChI is InChI=1S/C16H19N5O2S/c1-2-20-12-18-19-16(20)15-8-3-4-9-21(15)24(22,23)14-7-5-6-13(10-14)11-17/h5-7,10,12,15H,2-4,8-9H2,1H3/t15-/m0/s1. The van der Waals surface area contributed by atoms with Gasteiger partial charge in [0.2, 0.25) is 10.0 Å². The van der Waals surface area contributed by atoms with Gasteiger partial charge in [0.05, 0.1) is 22.6 Å². The second-order valence-electron chi connectivity index (χ2n) is 5.74. The molecule has 8 heteroatoms. The van der Waals surface area contributed by atoms with Crippen molar-refractivity contribution in [2.45, 2.75) is 43.7 Å². The minimum absolute atomic E-state index is 0.149. The van der Waals surface area contributed by atoms with Gasteiger partial charge >= 0.3 is 0 Å². The van der Waals surface area contributed by atoms with Crippen LogP contribution >= 0.6 is 0 Å². The van der Waals surface area contributed by atoms with Crippen molar-refractivity contribution in [3.8, 4) is 6.07 Å². The van der Waals surface area contributed by atoms with E-state index in [1.807, 2.05) is 17.6 Å². The average molecular weight is 345 g/mol. The molecule has 0 unspecified atom stereocenters. The van der Waals surface area contributed by atoms with Crippen molar-refractivity contribution in [3.63, 3.8) is 0 Å². The van der Waals surface area contributed by atoms with Crippen molar-refractivity contribution in [2.75, 3.05) is 6.54 Å². The van der Waals surface area contributed by atoms with Crippen LogP contribution in [-0.2, 0) is 16.6 Å². The van der Waals surface area contributed by atoms with Crippen LogP contribution in [0.2, 0.25) is 0 Å². The van der Waals surface area contributed by atoms with E-state index in [-0.39, 0.29) is 10.9 Å². The highest BCUT2D eigenvalue weighted by atomic mass is 32.2. The molecule has 1 aliphatic heterocycles. The Balaban J connectivity index is 2.02. The van der Waals surface area contributed by atoms with Crippen LogP contribution in [0, 0.1) is 11.3 Å². The summed E-state index contributed by atoms with van der Waals surface area (Å²) < 4.78 is 29.6. The van der Waals surface area contributed by atoms with Crippen molar-refractivity contribution in [3.05, 3.63) is 42.0 Å². The van der Waals surface area contributed by atoms with Gasteiger partial charge in [-0.3, -0.25) is 0 Å². The first kappa shape index (κ1) is 16.6. The number of nitriles is 1. The number of rotatable bonds is 4. The van der Waals surface area contributed by atoms with Crippen molar-refractivity contribution in [1.82, 2.24) is 19.1 Å². The van der Waals surface area contributed by atoms with Gasteiger partial charge in [0.25, 0.3) is 0 Å². The SMILES string of the molecule is CCn1cnnc1[C@@H]1CCCCN1S(=O)(=O)c1cccc(C#N)c1. The van der Waals surface area contributed by atoms with E-state index in [1.54, 1.807) is 18.5 Å². The molecule has 1 atom stereocenters. The van der Waals surface area contributed by atoms with Crippen LogP contribution < -0.4 is 0 Å². The number of nitrogens with zero attached hydrogens (tertiary/aromatic N) is 5. The molecule has 7 nitrogen and oxygen atoms in total. The smallest absolute Gasteiger partial charge is 0.243 e. The summed E-state index contributed by atoms with van der Waals surface area (Å²) in [6, 6.07) is 7.82. The minimum atomic E-state index is -3.69. The number of hydrogen-bond acceptors (Lipinski definition) is 5. The second kappa shape index (κ2) is 6.71. The maximum atomic E-state index is 13.1. The molecule has 3 rings (SSSR count). The maximum Gasteiger partial charge on any atom is 0.243 e. The summed E-state index contributed by atoms with van der Waals surface area (Å²) in [7, 11) is -3.69. The second-order valence-corrected chi connectivity index (χ2v) is 7.63. The Labute approximate surface area is 141 Å². The van der Waals surface area contributed by atoms with Crippen LogP contribution in [0.3, 0.4) is 0 Å². The third-order valence-corrected chi connectivity index (χ3v) is 6.21. The molecule has 126 valence electrons. The van der Waals surface area contributed by atoms with Gasteiger partial charge in [-0.2, -0.15) is 9.57 Å². The van der Waals surface area contributed by atoms with Gasteiger partial charge in [-0.1, -0.05) is 12.5 Å². The van der Waals surface area contributed by atoms with Gasteiger partial charge in [-0.15, -0.1) is 10.2 Å². The minimum Gasteiger partial charge on any atom is -0.317 e. The van der Waals surface area contributed by atoms with Gasteiger partial charge < -0.3 is 4.57 Å². The maximum absolute atomic E-state index is 13.1. The normalized spacial score (nSPS) is 19.1. The van der Waals surface area contributed by atoms with Crippen LogP contribution in [0.1, 0.15) is 43.6 Å². The van der Waals surface area contributed by atoms with Crippen molar-refractivity contribution in [2.24, 2.45) is 0 Å². The number of piperidine rings is 1. The summed E-state index contributed by atoms with van der Waals surface area (Å²) in [5.74, 6) is 0.678. The number of benzene rings is 1. The van der Waals surface area contributed by atoms with E-state index in [0.29, 0.717) is 24.5 Å². The summed E-state index contributed by atoms with van der Waals surface area (Å²) in [4.78, 5) is 0.149. The van der Waals surface area contributed by atoms with E-state index in [9.17, 15) is 8.42 Å². The predicted octanol–water partition coefficient (Wildman–Crippen LogP) is 2.09. The van der Waals surface area contributed by atoms with Crippen molar-refractivity contribution >= 4 is 10.0 Å². The van der Waals surface area contributed by atoms with Gasteiger partial charge in [-0.05, 0) is 38.0 Å². The van der Waals surface area contributed by atoms with Crippen LogP contribution in [0.4, 0.5) is 0 Å². The highest BCUT2D eigenvalue weighted by molar-refractivity contribution is 7.89. The topological polar surface area (TPSA) is 91.9 Å². The first-order valence-electron chi connectivity index (χ1n) is 7.97. The molecular weight excluding hydrogens is 326 g/mol. The lowest BCUT2D eigenvalue weighted by Gasteiger charge is -2.34. The third kappa shape index (κ3) is 2.92. The number of aryl methyl sites for hydroxylation is 1. The van der Waals surface area contributed by atoms with Crippen molar-refractivity contribution < 1.29 is 8.42 Å². The molecule has 2 heterocycles. The Morgan fingerprint density at radius 3 is 2.96 bits per heavy atom. The zero-order valence-electron chi connectivity index (χ0n) is 13.5. The van der Waals surface area contributed by atoms with Gasteiger partial charge in [0.15, 0.2) is 5.82 Å². The summed E-state index contributed by atoms with van der Waals surface area (Å²) in [6.07, 6.45) is 4.11. The fraction of sp³-hybridized carbons (Fsp3) is 0.438. The van der Waals surface area contributed by atoms with Crippen LogP contribution in [0.25, 0.3) is 0 Å². The molecular formula is C16H19N5O2S. The van der Waals surface area contributed by atoms with Crippen LogP contribution in [0.15, 0.2) is 35.5 Å². The molecule has 24 heavy (non-hydrogen) atoms. The van der Waals surface area contributed by atoms with E-state index in [4.69, 9.17) is 5.26 Å². The molecule has 0 saturated carbocycles. The first-order valence-corrected chi connectivity index (χ1v) is 9.41. The molecule has 2 aromatic rings. The van der Waals surface area contributed by atoms with E-state index in [1.165, 1.54) is 16.4 Å². The highest BCUT2D eigenvalue weighted by Gasteiger charge is 2.36. The lowest BCUT2D eigenvalue weighted by Crippen LogP contribution is -2.39. The molecule has 1 saturated heterocycles. The predicted molar refractivity (Wildman–Crippen MR) is 87.3 cm³/mol. The lowest BCUT2D eigenvalue weighted by molar-refractivity contribution is 0.241. The van der Waals surface area contributed by atoms with Gasteiger partial charge in [-0.25, -0.2) is 8.42 Å². The Bertz CT molecular complexity index is 869. The Hall–Kier alpha value is -2.24. The fourth-order valence-electron chi connectivity index (χ4n) is 3.08. The number of hydrogen-bond donors (Lipinski definition) is 0. The zero-order valence-corrected chi connectivity index (χ0v) is 14.3. The summed E-state index contributed by atoms with van der Waals surface area (Å²) in [5.41, 5.74) is 0.335. The Morgan fingerprint density at radius 2 is 2.21 bits per heavy atom. The highest BCUT2D eigenvalue weighted by Crippen LogP contribution is 2.34. The molecule has 1 fully saturated rings. The zero-order chi connectivity index (χ0) is 17.2. The monoisotopic (exact) mass is 345 g/mol. The Morgan fingerprint density at radius 1 is 1.38 bits per heavy atom. The van der Waals surface area contributed by atoms with E-state index < -0.39 is 10.0 Å². The van der Waals surface area contributed by atoms with E-state index >= 15 is 0 Å². The average Bonchev–Trinajstić information content (AvgIpc) is 3.10. The largest absolute Gasteiger partial charge is 0.317 e. The molecule has 1 aliphatic rings. The van der Waals surface area contributed by atoms with Crippen LogP contribution in [-0.4, -0.2) is 34.0 Å².